The van der Waals surface area contributed by atoms with E-state index in [0.29, 0.717) is 6.42 Å². The van der Waals surface area contributed by atoms with E-state index in [1.54, 1.807) is 11.3 Å². The van der Waals surface area contributed by atoms with Crippen LogP contribution in [0.4, 0.5) is 0 Å². The van der Waals surface area contributed by atoms with Crippen LogP contribution in [0, 0.1) is 13.8 Å². The third-order valence-corrected chi connectivity index (χ3v) is 4.89. The molecule has 0 saturated carbocycles. The number of esters is 1. The van der Waals surface area contributed by atoms with E-state index >= 15 is 0 Å². The molecule has 0 aliphatic heterocycles. The summed E-state index contributed by atoms with van der Waals surface area (Å²) in [6.45, 7) is 4.96. The lowest BCUT2D eigenvalue weighted by atomic mass is 10.1. The zero-order chi connectivity index (χ0) is 15.4. The van der Waals surface area contributed by atoms with Gasteiger partial charge in [-0.3, -0.25) is 4.79 Å². The van der Waals surface area contributed by atoms with Crippen molar-refractivity contribution in [3.8, 4) is 0 Å². The van der Waals surface area contributed by atoms with Crippen LogP contribution in [0.3, 0.4) is 0 Å². The van der Waals surface area contributed by atoms with Crippen LogP contribution >= 0.6 is 11.3 Å². The highest BCUT2D eigenvalue weighted by Gasteiger charge is 2.18. The van der Waals surface area contributed by atoms with E-state index in [2.05, 4.69) is 36.8 Å². The Morgan fingerprint density at radius 2 is 2.24 bits per heavy atom. The molecule has 0 amide bonds. The fourth-order valence-electron chi connectivity index (χ4n) is 2.36. The molecule has 0 fully saturated rings. The van der Waals surface area contributed by atoms with Crippen LogP contribution in [0.5, 0.6) is 0 Å². The Bertz CT molecular complexity index is 602. The van der Waals surface area contributed by atoms with Crippen LogP contribution in [0.2, 0.25) is 0 Å². The molecule has 0 saturated heterocycles. The fraction of sp³-hybridized carbons (Fsp3) is 0.438. The van der Waals surface area contributed by atoms with Crippen molar-refractivity contribution < 1.29 is 9.53 Å². The molecular weight excluding hydrogens is 284 g/mol. The lowest BCUT2D eigenvalue weighted by Crippen LogP contribution is -2.23. The highest BCUT2D eigenvalue weighted by molar-refractivity contribution is 7.10. The number of thiophene rings is 1. The predicted octanol–water partition coefficient (Wildman–Crippen LogP) is 3.10. The average Bonchev–Trinajstić information content (AvgIpc) is 3.08. The number of aromatic nitrogens is 1. The number of aryl methyl sites for hydroxylation is 1. The summed E-state index contributed by atoms with van der Waals surface area (Å²) in [5, 5.41) is 5.51. The summed E-state index contributed by atoms with van der Waals surface area (Å²) < 4.78 is 6.98. The molecule has 1 unspecified atom stereocenters. The topological polar surface area (TPSA) is 43.3 Å². The van der Waals surface area contributed by atoms with E-state index < -0.39 is 0 Å². The number of hydrogen-bond acceptors (Lipinski definition) is 4. The molecule has 114 valence electrons. The van der Waals surface area contributed by atoms with E-state index in [9.17, 15) is 4.79 Å². The van der Waals surface area contributed by atoms with Gasteiger partial charge in [0, 0.05) is 29.9 Å². The van der Waals surface area contributed by atoms with Crippen molar-refractivity contribution in [2.24, 2.45) is 7.05 Å². The molecule has 2 aromatic rings. The SMILES string of the molecule is COC(=O)CC(NCc1cc(C)n(C)c1C)c1cccs1. The zero-order valence-corrected chi connectivity index (χ0v) is 13.8. The summed E-state index contributed by atoms with van der Waals surface area (Å²) in [6, 6.07) is 6.24. The van der Waals surface area contributed by atoms with Gasteiger partial charge in [0.05, 0.1) is 19.6 Å². The Morgan fingerprint density at radius 3 is 2.76 bits per heavy atom. The maximum absolute atomic E-state index is 11.6. The molecule has 0 radical (unpaired) electrons. The molecule has 4 nitrogen and oxygen atoms in total. The van der Waals surface area contributed by atoms with Crippen LogP contribution in [0.25, 0.3) is 0 Å². The van der Waals surface area contributed by atoms with Crippen LogP contribution in [0.15, 0.2) is 23.6 Å². The molecule has 0 aliphatic rings. The van der Waals surface area contributed by atoms with Gasteiger partial charge in [0.1, 0.15) is 0 Å². The maximum atomic E-state index is 11.6. The van der Waals surface area contributed by atoms with Crippen molar-refractivity contribution in [2.45, 2.75) is 32.9 Å². The minimum atomic E-state index is -0.193. The van der Waals surface area contributed by atoms with Crippen LogP contribution < -0.4 is 5.32 Å². The van der Waals surface area contributed by atoms with Crippen LogP contribution in [-0.4, -0.2) is 17.6 Å². The van der Waals surface area contributed by atoms with Crippen molar-refractivity contribution in [2.75, 3.05) is 7.11 Å². The van der Waals surface area contributed by atoms with E-state index in [0.717, 1.165) is 11.4 Å². The van der Waals surface area contributed by atoms with Gasteiger partial charge in [-0.05, 0) is 36.9 Å². The third-order valence-electron chi connectivity index (χ3n) is 3.90. The molecule has 0 spiro atoms. The average molecular weight is 306 g/mol. The second-order valence-electron chi connectivity index (χ2n) is 5.18. The summed E-state index contributed by atoms with van der Waals surface area (Å²) in [4.78, 5) is 12.8. The Kier molecular flexibility index (Phi) is 5.20. The van der Waals surface area contributed by atoms with E-state index in [1.807, 2.05) is 17.5 Å². The molecule has 2 heterocycles. The van der Waals surface area contributed by atoms with Crippen LogP contribution in [0.1, 0.15) is 34.3 Å². The van der Waals surface area contributed by atoms with Crippen molar-refractivity contribution in [1.82, 2.24) is 9.88 Å². The van der Waals surface area contributed by atoms with Gasteiger partial charge in [-0.25, -0.2) is 0 Å². The largest absolute Gasteiger partial charge is 0.469 e. The van der Waals surface area contributed by atoms with Gasteiger partial charge in [-0.1, -0.05) is 6.07 Å². The molecule has 5 heteroatoms. The Hall–Kier alpha value is -1.59. The standard InChI is InChI=1S/C16H22N2O2S/c1-11-8-13(12(2)18(11)3)10-17-14(9-16(19)20-4)15-6-5-7-21-15/h5-8,14,17H,9-10H2,1-4H3. The lowest BCUT2D eigenvalue weighted by molar-refractivity contribution is -0.141. The van der Waals surface area contributed by atoms with Gasteiger partial charge in [-0.2, -0.15) is 0 Å². The van der Waals surface area contributed by atoms with Gasteiger partial charge in [0.2, 0.25) is 0 Å². The maximum Gasteiger partial charge on any atom is 0.307 e. The number of hydrogen-bond donors (Lipinski definition) is 1. The number of rotatable bonds is 6. The van der Waals surface area contributed by atoms with Crippen molar-refractivity contribution in [3.05, 3.63) is 45.4 Å². The first kappa shape index (κ1) is 15.8. The molecule has 21 heavy (non-hydrogen) atoms. The van der Waals surface area contributed by atoms with E-state index in [4.69, 9.17) is 4.74 Å². The molecule has 1 N–H and O–H groups in total. The highest BCUT2D eigenvalue weighted by atomic mass is 32.1. The summed E-state index contributed by atoms with van der Waals surface area (Å²) in [5.41, 5.74) is 3.76. The lowest BCUT2D eigenvalue weighted by Gasteiger charge is -2.16. The number of ether oxygens (including phenoxy) is 1. The number of nitrogens with one attached hydrogen (secondary N) is 1. The smallest absolute Gasteiger partial charge is 0.307 e. The molecule has 0 bridgehead atoms. The number of carbonyl (C=O) groups is 1. The highest BCUT2D eigenvalue weighted by Crippen LogP contribution is 2.23. The van der Waals surface area contributed by atoms with Gasteiger partial charge >= 0.3 is 5.97 Å². The minimum Gasteiger partial charge on any atom is -0.469 e. The first-order valence-electron chi connectivity index (χ1n) is 6.98. The summed E-state index contributed by atoms with van der Waals surface area (Å²) in [6.07, 6.45) is 0.349. The molecule has 0 aliphatic carbocycles. The van der Waals surface area contributed by atoms with Gasteiger partial charge in [0.15, 0.2) is 0 Å². The predicted molar refractivity (Wildman–Crippen MR) is 85.4 cm³/mol. The fourth-order valence-corrected chi connectivity index (χ4v) is 3.16. The Labute approximate surface area is 129 Å². The Morgan fingerprint density at radius 1 is 1.48 bits per heavy atom. The summed E-state index contributed by atoms with van der Waals surface area (Å²) >= 11 is 1.66. The van der Waals surface area contributed by atoms with Crippen molar-refractivity contribution in [1.29, 1.82) is 0 Å². The summed E-state index contributed by atoms with van der Waals surface area (Å²) in [5.74, 6) is -0.193. The number of nitrogens with zero attached hydrogens (tertiary/aromatic N) is 1. The second kappa shape index (κ2) is 6.91. The molecule has 2 rings (SSSR count). The van der Waals surface area contributed by atoms with Gasteiger partial charge in [0.25, 0.3) is 0 Å². The molecule has 2 aromatic heterocycles. The molecule has 0 aromatic carbocycles. The van der Waals surface area contributed by atoms with Gasteiger partial charge < -0.3 is 14.6 Å². The molecule has 1 atom stereocenters. The van der Waals surface area contributed by atoms with E-state index in [1.165, 1.54) is 24.1 Å². The van der Waals surface area contributed by atoms with Crippen LogP contribution in [-0.2, 0) is 23.1 Å². The molecular formula is C16H22N2O2S. The monoisotopic (exact) mass is 306 g/mol. The zero-order valence-electron chi connectivity index (χ0n) is 13.0. The van der Waals surface area contributed by atoms with Crippen molar-refractivity contribution >= 4 is 17.3 Å². The third kappa shape index (κ3) is 3.74. The number of methoxy groups -OCH3 is 1. The minimum absolute atomic E-state index is 0.00244. The second-order valence-corrected chi connectivity index (χ2v) is 6.16. The first-order chi connectivity index (χ1) is 10.0. The van der Waals surface area contributed by atoms with Gasteiger partial charge in [-0.15, -0.1) is 11.3 Å². The Balaban J connectivity index is 2.08. The number of carbonyl (C=O) groups excluding carboxylic acids is 1. The summed E-state index contributed by atoms with van der Waals surface area (Å²) in [7, 11) is 3.50. The quantitative estimate of drug-likeness (QED) is 0.834. The van der Waals surface area contributed by atoms with E-state index in [-0.39, 0.29) is 12.0 Å². The normalized spacial score (nSPS) is 12.4. The van der Waals surface area contributed by atoms with Crippen molar-refractivity contribution in [3.63, 3.8) is 0 Å². The first-order valence-corrected chi connectivity index (χ1v) is 7.86.